The Hall–Kier alpha value is -1.79. The lowest BCUT2D eigenvalue weighted by molar-refractivity contribution is 0.0627. The van der Waals surface area contributed by atoms with Gasteiger partial charge in [0.1, 0.15) is 0 Å². The van der Waals surface area contributed by atoms with Crippen LogP contribution in [0, 0.1) is 0 Å². The SMILES string of the molecule is O=C(c1ccc(Cl)cc1)N1CCN(Cc2cn3cc(Cl)cc(Cl)c3n2)CC1. The number of carbonyl (C=O) groups is 1. The first-order valence-corrected chi connectivity index (χ1v) is 9.73. The number of aromatic nitrogens is 2. The van der Waals surface area contributed by atoms with Gasteiger partial charge in [-0.2, -0.15) is 0 Å². The van der Waals surface area contributed by atoms with E-state index in [-0.39, 0.29) is 5.91 Å². The van der Waals surface area contributed by atoms with Gasteiger partial charge in [-0.15, -0.1) is 0 Å². The number of halogens is 3. The molecule has 0 N–H and O–H groups in total. The molecule has 1 aromatic carbocycles. The maximum Gasteiger partial charge on any atom is 0.253 e. The maximum absolute atomic E-state index is 12.6. The summed E-state index contributed by atoms with van der Waals surface area (Å²) in [6.07, 6.45) is 3.74. The third-order valence-corrected chi connectivity index (χ3v) is 5.40. The van der Waals surface area contributed by atoms with E-state index < -0.39 is 0 Å². The number of imidazole rings is 1. The van der Waals surface area contributed by atoms with Crippen LogP contribution in [-0.4, -0.2) is 51.3 Å². The molecule has 0 spiro atoms. The van der Waals surface area contributed by atoms with Gasteiger partial charge in [0, 0.05) is 55.7 Å². The number of carbonyl (C=O) groups excluding carboxylic acids is 1. The summed E-state index contributed by atoms with van der Waals surface area (Å²) in [4.78, 5) is 21.3. The number of amides is 1. The number of hydrogen-bond donors (Lipinski definition) is 0. The van der Waals surface area contributed by atoms with Crippen molar-refractivity contribution in [3.05, 3.63) is 69.1 Å². The maximum atomic E-state index is 12.6. The Morgan fingerprint density at radius 2 is 1.67 bits per heavy atom. The lowest BCUT2D eigenvalue weighted by Crippen LogP contribution is -2.48. The average Bonchev–Trinajstić information content (AvgIpc) is 3.05. The van der Waals surface area contributed by atoms with Crippen LogP contribution in [0.3, 0.4) is 0 Å². The number of benzene rings is 1. The van der Waals surface area contributed by atoms with Gasteiger partial charge in [-0.05, 0) is 30.3 Å². The normalized spacial score (nSPS) is 15.4. The minimum atomic E-state index is 0.0421. The summed E-state index contributed by atoms with van der Waals surface area (Å²) in [5.41, 5.74) is 2.30. The molecule has 1 amide bonds. The Bertz CT molecular complexity index is 979. The minimum absolute atomic E-state index is 0.0421. The number of hydrogen-bond acceptors (Lipinski definition) is 3. The van der Waals surface area contributed by atoms with Gasteiger partial charge in [0.15, 0.2) is 5.65 Å². The average molecular weight is 424 g/mol. The third kappa shape index (κ3) is 4.06. The van der Waals surface area contributed by atoms with Crippen molar-refractivity contribution >= 4 is 46.4 Å². The van der Waals surface area contributed by atoms with Crippen LogP contribution >= 0.6 is 34.8 Å². The number of nitrogens with zero attached hydrogens (tertiary/aromatic N) is 4. The molecule has 0 bridgehead atoms. The van der Waals surface area contributed by atoms with E-state index in [1.807, 2.05) is 15.5 Å². The van der Waals surface area contributed by atoms with E-state index in [0.29, 0.717) is 45.9 Å². The van der Waals surface area contributed by atoms with Crippen molar-refractivity contribution in [3.8, 4) is 0 Å². The molecule has 140 valence electrons. The van der Waals surface area contributed by atoms with Gasteiger partial charge in [-0.1, -0.05) is 34.8 Å². The molecule has 5 nitrogen and oxygen atoms in total. The highest BCUT2D eigenvalue weighted by molar-refractivity contribution is 6.36. The molecule has 27 heavy (non-hydrogen) atoms. The van der Waals surface area contributed by atoms with Crippen molar-refractivity contribution in [2.75, 3.05) is 26.2 Å². The Balaban J connectivity index is 1.39. The summed E-state index contributed by atoms with van der Waals surface area (Å²) in [6.45, 7) is 3.66. The highest BCUT2D eigenvalue weighted by Gasteiger charge is 2.22. The van der Waals surface area contributed by atoms with E-state index >= 15 is 0 Å². The third-order valence-electron chi connectivity index (χ3n) is 4.66. The molecule has 0 atom stereocenters. The molecule has 0 radical (unpaired) electrons. The highest BCUT2D eigenvalue weighted by Crippen LogP contribution is 2.22. The van der Waals surface area contributed by atoms with E-state index in [0.717, 1.165) is 18.8 Å². The van der Waals surface area contributed by atoms with Crippen molar-refractivity contribution in [1.29, 1.82) is 0 Å². The van der Waals surface area contributed by atoms with Gasteiger partial charge >= 0.3 is 0 Å². The number of piperazine rings is 1. The predicted molar refractivity (Wildman–Crippen MR) is 108 cm³/mol. The second kappa shape index (κ2) is 7.68. The lowest BCUT2D eigenvalue weighted by atomic mass is 10.2. The molecule has 3 aromatic rings. The van der Waals surface area contributed by atoms with Crippen molar-refractivity contribution in [2.45, 2.75) is 6.54 Å². The minimum Gasteiger partial charge on any atom is -0.336 e. The molecule has 0 unspecified atom stereocenters. The van der Waals surface area contributed by atoms with E-state index in [1.54, 1.807) is 36.5 Å². The molecule has 8 heteroatoms. The summed E-state index contributed by atoms with van der Waals surface area (Å²) < 4.78 is 1.85. The van der Waals surface area contributed by atoms with E-state index in [9.17, 15) is 4.79 Å². The second-order valence-electron chi connectivity index (χ2n) is 6.54. The summed E-state index contributed by atoms with van der Waals surface area (Å²) in [7, 11) is 0. The molecule has 4 rings (SSSR count). The van der Waals surface area contributed by atoms with Crippen LogP contribution in [0.2, 0.25) is 15.1 Å². The van der Waals surface area contributed by atoms with Gasteiger partial charge in [0.25, 0.3) is 5.91 Å². The Morgan fingerprint density at radius 3 is 2.37 bits per heavy atom. The standard InChI is InChI=1S/C19H17Cl3N4O/c20-14-3-1-13(2-4-14)19(27)25-7-5-24(6-8-25)11-16-12-26-10-15(21)9-17(22)18(26)23-16/h1-4,9-10,12H,5-8,11H2. The van der Waals surface area contributed by atoms with Crippen LogP contribution in [0.15, 0.2) is 42.7 Å². The fourth-order valence-corrected chi connectivity index (χ4v) is 3.92. The summed E-state index contributed by atoms with van der Waals surface area (Å²) in [6, 6.07) is 8.71. The fraction of sp³-hybridized carbons (Fsp3) is 0.263. The monoisotopic (exact) mass is 422 g/mol. The summed E-state index contributed by atoms with van der Waals surface area (Å²) in [5, 5.41) is 1.74. The summed E-state index contributed by atoms with van der Waals surface area (Å²) in [5.74, 6) is 0.0421. The predicted octanol–water partition coefficient (Wildman–Crippen LogP) is 4.25. The van der Waals surface area contributed by atoms with Crippen molar-refractivity contribution < 1.29 is 4.79 Å². The van der Waals surface area contributed by atoms with Crippen molar-refractivity contribution in [1.82, 2.24) is 19.2 Å². The molecule has 1 fully saturated rings. The molecule has 1 aliphatic rings. The largest absolute Gasteiger partial charge is 0.336 e. The molecule has 2 aromatic heterocycles. The van der Waals surface area contributed by atoms with Crippen LogP contribution in [0.25, 0.3) is 5.65 Å². The smallest absolute Gasteiger partial charge is 0.253 e. The molecule has 1 saturated heterocycles. The molecule has 0 aliphatic carbocycles. The Morgan fingerprint density at radius 1 is 0.963 bits per heavy atom. The molecule has 3 heterocycles. The van der Waals surface area contributed by atoms with Crippen LogP contribution in [0.5, 0.6) is 0 Å². The Labute approximate surface area is 172 Å². The zero-order valence-corrected chi connectivity index (χ0v) is 16.7. The first-order valence-electron chi connectivity index (χ1n) is 8.59. The second-order valence-corrected chi connectivity index (χ2v) is 7.82. The zero-order chi connectivity index (χ0) is 19.0. The van der Waals surface area contributed by atoms with Crippen LogP contribution in [0.1, 0.15) is 16.1 Å². The molecule has 1 aliphatic heterocycles. The van der Waals surface area contributed by atoms with Crippen molar-refractivity contribution in [3.63, 3.8) is 0 Å². The number of pyridine rings is 1. The first kappa shape index (κ1) is 18.6. The van der Waals surface area contributed by atoms with Gasteiger partial charge in [-0.25, -0.2) is 4.98 Å². The number of rotatable bonds is 3. The van der Waals surface area contributed by atoms with Gasteiger partial charge in [0.05, 0.1) is 15.7 Å². The van der Waals surface area contributed by atoms with E-state index in [2.05, 4.69) is 9.88 Å². The molecule has 0 saturated carbocycles. The molecular weight excluding hydrogens is 407 g/mol. The fourth-order valence-electron chi connectivity index (χ4n) is 3.26. The van der Waals surface area contributed by atoms with Crippen LogP contribution < -0.4 is 0 Å². The summed E-state index contributed by atoms with van der Waals surface area (Å²) >= 11 is 18.1. The van der Waals surface area contributed by atoms with Crippen LogP contribution in [0.4, 0.5) is 0 Å². The topological polar surface area (TPSA) is 40.9 Å². The van der Waals surface area contributed by atoms with Gasteiger partial charge in [0.2, 0.25) is 0 Å². The quantitative estimate of drug-likeness (QED) is 0.632. The zero-order valence-electron chi connectivity index (χ0n) is 14.4. The Kier molecular flexibility index (Phi) is 5.28. The van der Waals surface area contributed by atoms with Gasteiger partial charge < -0.3 is 9.30 Å². The number of fused-ring (bicyclic) bond motifs is 1. The first-order chi connectivity index (χ1) is 13.0. The van der Waals surface area contributed by atoms with E-state index in [4.69, 9.17) is 34.8 Å². The molecular formula is C19H17Cl3N4O. The lowest BCUT2D eigenvalue weighted by Gasteiger charge is -2.34. The van der Waals surface area contributed by atoms with Crippen LogP contribution in [-0.2, 0) is 6.54 Å². The van der Waals surface area contributed by atoms with E-state index in [1.165, 1.54) is 0 Å². The van der Waals surface area contributed by atoms with Crippen molar-refractivity contribution in [2.24, 2.45) is 0 Å². The van der Waals surface area contributed by atoms with Gasteiger partial charge in [-0.3, -0.25) is 9.69 Å². The highest BCUT2D eigenvalue weighted by atomic mass is 35.5.